The first kappa shape index (κ1) is 15.9. The van der Waals surface area contributed by atoms with E-state index in [-0.39, 0.29) is 0 Å². The molecule has 0 saturated carbocycles. The summed E-state index contributed by atoms with van der Waals surface area (Å²) in [5.41, 5.74) is 1.79. The van der Waals surface area contributed by atoms with Crippen molar-refractivity contribution in [1.29, 1.82) is 5.26 Å². The molecular weight excluding hydrogens is 296 g/mol. The van der Waals surface area contributed by atoms with E-state index in [4.69, 9.17) is 5.26 Å². The number of anilines is 1. The number of nitrogens with one attached hydrogen (secondary N) is 1. The first-order valence-electron chi connectivity index (χ1n) is 6.84. The van der Waals surface area contributed by atoms with Crippen LogP contribution in [0, 0.1) is 11.3 Å². The Morgan fingerprint density at radius 1 is 1.32 bits per heavy atom. The van der Waals surface area contributed by atoms with Gasteiger partial charge in [0.15, 0.2) is 0 Å². The van der Waals surface area contributed by atoms with Gasteiger partial charge in [-0.2, -0.15) is 5.26 Å². The van der Waals surface area contributed by atoms with Gasteiger partial charge in [0, 0.05) is 10.6 Å². The third-order valence-corrected chi connectivity index (χ3v) is 3.94. The zero-order chi connectivity index (χ0) is 15.9. The van der Waals surface area contributed by atoms with Crippen molar-refractivity contribution in [3.05, 3.63) is 59.7 Å². The van der Waals surface area contributed by atoms with E-state index in [1.165, 1.54) is 0 Å². The summed E-state index contributed by atoms with van der Waals surface area (Å²) >= 11 is 1.65. The SMILES string of the molecule is CCSc1cccc(C(Nc2ccc(C#N)cc2)C(=O)[O-])c1. The van der Waals surface area contributed by atoms with Crippen LogP contribution in [0.2, 0.25) is 0 Å². The maximum absolute atomic E-state index is 11.5. The number of hydrogen-bond acceptors (Lipinski definition) is 5. The third-order valence-electron chi connectivity index (χ3n) is 3.06. The summed E-state index contributed by atoms with van der Waals surface area (Å²) in [6, 6.07) is 15.1. The van der Waals surface area contributed by atoms with Crippen molar-refractivity contribution < 1.29 is 9.90 Å². The van der Waals surface area contributed by atoms with Crippen LogP contribution >= 0.6 is 11.8 Å². The van der Waals surface area contributed by atoms with Gasteiger partial charge in [-0.3, -0.25) is 0 Å². The van der Waals surface area contributed by atoms with Crippen LogP contribution in [0.5, 0.6) is 0 Å². The Morgan fingerprint density at radius 3 is 2.64 bits per heavy atom. The van der Waals surface area contributed by atoms with E-state index in [9.17, 15) is 9.90 Å². The minimum Gasteiger partial charge on any atom is -0.548 e. The number of carboxylic acid groups (broad SMARTS) is 1. The molecule has 1 N–H and O–H groups in total. The van der Waals surface area contributed by atoms with Crippen LogP contribution in [-0.2, 0) is 4.79 Å². The van der Waals surface area contributed by atoms with Crippen LogP contribution in [0.1, 0.15) is 24.1 Å². The summed E-state index contributed by atoms with van der Waals surface area (Å²) < 4.78 is 0. The zero-order valence-electron chi connectivity index (χ0n) is 12.1. The maximum Gasteiger partial charge on any atom is 0.0991 e. The van der Waals surface area contributed by atoms with Gasteiger partial charge in [0.25, 0.3) is 0 Å². The van der Waals surface area contributed by atoms with E-state index in [1.807, 2.05) is 31.2 Å². The number of nitrogens with zero attached hydrogens (tertiary/aromatic N) is 1. The molecule has 0 bridgehead atoms. The minimum absolute atomic E-state index is 0.525. The lowest BCUT2D eigenvalue weighted by Crippen LogP contribution is -2.34. The predicted molar refractivity (Wildman–Crippen MR) is 85.4 cm³/mol. The first-order chi connectivity index (χ1) is 10.6. The molecule has 0 radical (unpaired) electrons. The van der Waals surface area contributed by atoms with Crippen molar-refractivity contribution in [2.75, 3.05) is 11.1 Å². The summed E-state index contributed by atoms with van der Waals surface area (Å²) in [6.07, 6.45) is 0. The van der Waals surface area contributed by atoms with Gasteiger partial charge in [-0.05, 0) is 47.7 Å². The Balaban J connectivity index is 2.24. The van der Waals surface area contributed by atoms with Crippen LogP contribution in [-0.4, -0.2) is 11.7 Å². The Morgan fingerprint density at radius 2 is 2.05 bits per heavy atom. The number of nitriles is 1. The molecule has 0 heterocycles. The van der Waals surface area contributed by atoms with E-state index < -0.39 is 12.0 Å². The van der Waals surface area contributed by atoms with Crippen LogP contribution in [0.25, 0.3) is 0 Å². The van der Waals surface area contributed by atoms with Crippen molar-refractivity contribution >= 4 is 23.4 Å². The number of thioether (sulfide) groups is 1. The Labute approximate surface area is 133 Å². The van der Waals surface area contributed by atoms with Crippen LogP contribution in [0.3, 0.4) is 0 Å². The Kier molecular flexibility index (Phi) is 5.45. The molecular formula is C17H15N2O2S-. The fraction of sp³-hybridized carbons (Fsp3) is 0.176. The van der Waals surface area contributed by atoms with E-state index >= 15 is 0 Å². The standard InChI is InChI=1S/C17H16N2O2S/c1-2-22-15-5-3-4-13(10-15)16(17(20)21)19-14-8-6-12(11-18)7-9-14/h3-10,16,19H,2H2,1H3,(H,20,21)/p-1. The first-order valence-corrected chi connectivity index (χ1v) is 7.83. The summed E-state index contributed by atoms with van der Waals surface area (Å²) in [7, 11) is 0. The van der Waals surface area contributed by atoms with Gasteiger partial charge in [-0.25, -0.2) is 0 Å². The second kappa shape index (κ2) is 7.53. The van der Waals surface area contributed by atoms with E-state index in [1.54, 1.807) is 42.1 Å². The number of carboxylic acids is 1. The van der Waals surface area contributed by atoms with Gasteiger partial charge in [-0.15, -0.1) is 11.8 Å². The van der Waals surface area contributed by atoms with Crippen LogP contribution in [0.4, 0.5) is 5.69 Å². The summed E-state index contributed by atoms with van der Waals surface area (Å²) in [5, 5.41) is 23.2. The molecule has 0 aliphatic carbocycles. The molecule has 0 aliphatic rings. The van der Waals surface area contributed by atoms with Crippen LogP contribution in [0.15, 0.2) is 53.4 Å². The molecule has 0 spiro atoms. The highest BCUT2D eigenvalue weighted by atomic mass is 32.2. The predicted octanol–water partition coefficient (Wildman–Crippen LogP) is 2.57. The average molecular weight is 311 g/mol. The van der Waals surface area contributed by atoms with Gasteiger partial charge < -0.3 is 15.2 Å². The molecule has 4 nitrogen and oxygen atoms in total. The molecule has 112 valence electrons. The van der Waals surface area contributed by atoms with Gasteiger partial charge in [0.1, 0.15) is 0 Å². The number of aliphatic carboxylic acids is 1. The second-order valence-corrected chi connectivity index (χ2v) is 5.93. The topological polar surface area (TPSA) is 76.0 Å². The molecule has 2 aromatic carbocycles. The summed E-state index contributed by atoms with van der Waals surface area (Å²) in [5.74, 6) is -0.273. The molecule has 1 atom stereocenters. The highest BCUT2D eigenvalue weighted by Gasteiger charge is 2.13. The van der Waals surface area contributed by atoms with Crippen molar-refractivity contribution in [3.63, 3.8) is 0 Å². The maximum atomic E-state index is 11.5. The summed E-state index contributed by atoms with van der Waals surface area (Å²) in [6.45, 7) is 2.04. The Hall–Kier alpha value is -2.45. The molecule has 2 aromatic rings. The normalized spacial score (nSPS) is 11.5. The molecule has 0 fully saturated rings. The molecule has 22 heavy (non-hydrogen) atoms. The van der Waals surface area contributed by atoms with Crippen LogP contribution < -0.4 is 10.4 Å². The van der Waals surface area contributed by atoms with Crippen molar-refractivity contribution in [1.82, 2.24) is 0 Å². The number of carbonyl (C=O) groups is 1. The molecule has 1 unspecified atom stereocenters. The lowest BCUT2D eigenvalue weighted by Gasteiger charge is -2.22. The quantitative estimate of drug-likeness (QED) is 0.830. The number of hydrogen-bond donors (Lipinski definition) is 1. The number of carbonyl (C=O) groups excluding carboxylic acids is 1. The lowest BCUT2D eigenvalue weighted by atomic mass is 10.1. The van der Waals surface area contributed by atoms with E-state index in [0.717, 1.165) is 10.6 Å². The van der Waals surface area contributed by atoms with Crippen molar-refractivity contribution in [2.45, 2.75) is 17.9 Å². The fourth-order valence-electron chi connectivity index (χ4n) is 2.04. The molecule has 0 amide bonds. The largest absolute Gasteiger partial charge is 0.548 e. The average Bonchev–Trinajstić information content (AvgIpc) is 2.53. The van der Waals surface area contributed by atoms with Crippen molar-refractivity contribution in [3.8, 4) is 6.07 Å². The van der Waals surface area contributed by atoms with Gasteiger partial charge in [0.05, 0.1) is 23.6 Å². The van der Waals surface area contributed by atoms with Gasteiger partial charge in [0.2, 0.25) is 0 Å². The molecule has 0 aromatic heterocycles. The van der Waals surface area contributed by atoms with Gasteiger partial charge >= 0.3 is 0 Å². The fourth-order valence-corrected chi connectivity index (χ4v) is 2.76. The minimum atomic E-state index is -1.19. The molecule has 0 saturated heterocycles. The van der Waals surface area contributed by atoms with E-state index in [2.05, 4.69) is 5.32 Å². The van der Waals surface area contributed by atoms with Gasteiger partial charge in [-0.1, -0.05) is 19.1 Å². The molecule has 2 rings (SSSR count). The monoisotopic (exact) mass is 311 g/mol. The number of benzene rings is 2. The van der Waals surface area contributed by atoms with E-state index in [0.29, 0.717) is 16.8 Å². The Bertz CT molecular complexity index is 693. The third kappa shape index (κ3) is 4.03. The highest BCUT2D eigenvalue weighted by molar-refractivity contribution is 7.99. The molecule has 0 aliphatic heterocycles. The molecule has 5 heteroatoms. The van der Waals surface area contributed by atoms with Crippen molar-refractivity contribution in [2.24, 2.45) is 0 Å². The zero-order valence-corrected chi connectivity index (χ0v) is 12.9. The smallest absolute Gasteiger partial charge is 0.0991 e. The summed E-state index contributed by atoms with van der Waals surface area (Å²) in [4.78, 5) is 12.5. The second-order valence-electron chi connectivity index (χ2n) is 4.59. The number of rotatable bonds is 6. The highest BCUT2D eigenvalue weighted by Crippen LogP contribution is 2.24. The lowest BCUT2D eigenvalue weighted by molar-refractivity contribution is -0.307.